The Kier molecular flexibility index (Phi) is 4.37. The second-order valence-corrected chi connectivity index (χ2v) is 5.15. The van der Waals surface area contributed by atoms with Crippen LogP contribution >= 0.6 is 11.6 Å². The largest absolute Gasteiger partial charge is 0.391 e. The van der Waals surface area contributed by atoms with E-state index in [4.69, 9.17) is 11.6 Å². The van der Waals surface area contributed by atoms with Crippen molar-refractivity contribution in [2.75, 3.05) is 7.05 Å². The Morgan fingerprint density at radius 2 is 2.24 bits per heavy atom. The molecule has 2 unspecified atom stereocenters. The Labute approximate surface area is 107 Å². The molecular weight excluding hydrogens is 236 g/mol. The zero-order valence-corrected chi connectivity index (χ0v) is 10.9. The van der Waals surface area contributed by atoms with Crippen molar-refractivity contribution in [1.29, 1.82) is 0 Å². The van der Waals surface area contributed by atoms with Gasteiger partial charge in [0, 0.05) is 24.3 Å². The molecule has 0 aliphatic heterocycles. The molecule has 1 aliphatic carbocycles. The number of hydrogen-bond donors (Lipinski definition) is 1. The summed E-state index contributed by atoms with van der Waals surface area (Å²) >= 11 is 6.04. The van der Waals surface area contributed by atoms with Gasteiger partial charge in [0.15, 0.2) is 0 Å². The minimum absolute atomic E-state index is 0.204. The van der Waals surface area contributed by atoms with E-state index < -0.39 is 0 Å². The van der Waals surface area contributed by atoms with Gasteiger partial charge in [-0.15, -0.1) is 0 Å². The van der Waals surface area contributed by atoms with Gasteiger partial charge in [-0.2, -0.15) is 0 Å². The normalized spacial score (nSPS) is 25.2. The molecule has 1 saturated carbocycles. The van der Waals surface area contributed by atoms with Crippen molar-refractivity contribution >= 4 is 11.6 Å². The van der Waals surface area contributed by atoms with Gasteiger partial charge in [-0.3, -0.25) is 4.90 Å². The zero-order chi connectivity index (χ0) is 12.3. The molecule has 0 spiro atoms. The highest BCUT2D eigenvalue weighted by molar-refractivity contribution is 6.30. The first kappa shape index (κ1) is 12.8. The lowest BCUT2D eigenvalue weighted by molar-refractivity contribution is 0.0288. The average Bonchev–Trinajstić information content (AvgIpc) is 2.32. The number of hydrogen-bond acceptors (Lipinski definition) is 3. The lowest BCUT2D eigenvalue weighted by Gasteiger charge is -2.35. The molecular formula is C13H19ClN2O. The number of aliphatic hydroxyl groups is 1. The van der Waals surface area contributed by atoms with Crippen molar-refractivity contribution in [3.05, 3.63) is 29.0 Å². The molecule has 1 N–H and O–H groups in total. The van der Waals surface area contributed by atoms with E-state index in [1.54, 1.807) is 6.20 Å². The molecule has 0 radical (unpaired) electrons. The molecule has 0 saturated heterocycles. The quantitative estimate of drug-likeness (QED) is 0.842. The smallest absolute Gasteiger partial charge is 0.133 e. The lowest BCUT2D eigenvalue weighted by Crippen LogP contribution is -2.42. The molecule has 1 fully saturated rings. The van der Waals surface area contributed by atoms with Crippen LogP contribution in [0.2, 0.25) is 5.15 Å². The van der Waals surface area contributed by atoms with Crippen LogP contribution in [0, 0.1) is 0 Å². The van der Waals surface area contributed by atoms with Gasteiger partial charge in [-0.25, -0.2) is 4.98 Å². The average molecular weight is 255 g/mol. The third-order valence-electron chi connectivity index (χ3n) is 3.52. The molecule has 1 heterocycles. The van der Waals surface area contributed by atoms with Gasteiger partial charge < -0.3 is 5.11 Å². The van der Waals surface area contributed by atoms with Gasteiger partial charge in [0.1, 0.15) is 5.15 Å². The Balaban J connectivity index is 2.01. The van der Waals surface area contributed by atoms with Gasteiger partial charge in [0.05, 0.1) is 6.10 Å². The van der Waals surface area contributed by atoms with E-state index in [1.807, 2.05) is 19.2 Å². The highest BCUT2D eigenvalue weighted by atomic mass is 35.5. The van der Waals surface area contributed by atoms with Crippen LogP contribution in [0.1, 0.15) is 31.2 Å². The number of aliphatic hydroxyl groups excluding tert-OH is 1. The van der Waals surface area contributed by atoms with Crippen molar-refractivity contribution in [3.63, 3.8) is 0 Å². The van der Waals surface area contributed by atoms with Crippen LogP contribution < -0.4 is 0 Å². The third-order valence-corrected chi connectivity index (χ3v) is 3.86. The van der Waals surface area contributed by atoms with Crippen molar-refractivity contribution in [2.24, 2.45) is 0 Å². The molecule has 0 amide bonds. The minimum atomic E-state index is -0.204. The van der Waals surface area contributed by atoms with Gasteiger partial charge in [0.2, 0.25) is 0 Å². The molecule has 1 aliphatic rings. The summed E-state index contributed by atoms with van der Waals surface area (Å²) in [5.74, 6) is 0. The van der Waals surface area contributed by atoms with E-state index in [0.29, 0.717) is 5.15 Å². The van der Waals surface area contributed by atoms with E-state index in [9.17, 15) is 5.11 Å². The maximum Gasteiger partial charge on any atom is 0.133 e. The summed E-state index contributed by atoms with van der Waals surface area (Å²) in [5, 5.41) is 10.6. The number of nitrogens with zero attached hydrogens (tertiary/aromatic N) is 2. The molecule has 1 aromatic heterocycles. The first-order valence-corrected chi connectivity index (χ1v) is 6.54. The number of pyridine rings is 1. The van der Waals surface area contributed by atoms with Gasteiger partial charge in [-0.1, -0.05) is 30.5 Å². The molecule has 94 valence electrons. The molecule has 2 atom stereocenters. The Morgan fingerprint density at radius 3 is 2.94 bits per heavy atom. The van der Waals surface area contributed by atoms with Crippen LogP contribution in [0.4, 0.5) is 0 Å². The van der Waals surface area contributed by atoms with Gasteiger partial charge in [-0.05, 0) is 26.0 Å². The van der Waals surface area contributed by atoms with Crippen molar-refractivity contribution in [1.82, 2.24) is 9.88 Å². The number of halogens is 1. The van der Waals surface area contributed by atoms with Gasteiger partial charge in [0.25, 0.3) is 0 Å². The molecule has 0 aromatic carbocycles. The fourth-order valence-corrected chi connectivity index (χ4v) is 2.71. The standard InChI is InChI=1S/C13H19ClN2O/c1-16(11-6-2-3-7-12(11)17)9-10-5-4-8-15-13(10)14/h4-5,8,11-12,17H,2-3,6-7,9H2,1H3. The van der Waals surface area contributed by atoms with Crippen molar-refractivity contribution < 1.29 is 5.11 Å². The predicted molar refractivity (Wildman–Crippen MR) is 69.0 cm³/mol. The molecule has 17 heavy (non-hydrogen) atoms. The highest BCUT2D eigenvalue weighted by Gasteiger charge is 2.26. The van der Waals surface area contributed by atoms with Gasteiger partial charge >= 0.3 is 0 Å². The SMILES string of the molecule is CN(Cc1cccnc1Cl)C1CCCCC1O. The maximum absolute atomic E-state index is 10.00. The monoisotopic (exact) mass is 254 g/mol. The molecule has 2 rings (SSSR count). The first-order chi connectivity index (χ1) is 8.18. The van der Waals surface area contributed by atoms with E-state index >= 15 is 0 Å². The zero-order valence-electron chi connectivity index (χ0n) is 10.1. The summed E-state index contributed by atoms with van der Waals surface area (Å²) in [4.78, 5) is 6.26. The number of aromatic nitrogens is 1. The summed E-state index contributed by atoms with van der Waals surface area (Å²) in [7, 11) is 2.04. The van der Waals surface area contributed by atoms with Crippen LogP contribution in [0.25, 0.3) is 0 Å². The van der Waals surface area contributed by atoms with Crippen LogP contribution in [0.3, 0.4) is 0 Å². The second-order valence-electron chi connectivity index (χ2n) is 4.79. The van der Waals surface area contributed by atoms with E-state index in [1.165, 1.54) is 6.42 Å². The highest BCUT2D eigenvalue weighted by Crippen LogP contribution is 2.24. The molecule has 0 bridgehead atoms. The Hall–Kier alpha value is -0.640. The van der Waals surface area contributed by atoms with Crippen LogP contribution in [-0.2, 0) is 6.54 Å². The summed E-state index contributed by atoms with van der Waals surface area (Å²) in [6, 6.07) is 4.13. The minimum Gasteiger partial charge on any atom is -0.391 e. The number of likely N-dealkylation sites (N-methyl/N-ethyl adjacent to an activating group) is 1. The van der Waals surface area contributed by atoms with Crippen molar-refractivity contribution in [3.8, 4) is 0 Å². The Bertz CT molecular complexity index is 372. The van der Waals surface area contributed by atoms with Crippen molar-refractivity contribution in [2.45, 2.75) is 44.4 Å². The fraction of sp³-hybridized carbons (Fsp3) is 0.615. The fourth-order valence-electron chi connectivity index (χ4n) is 2.53. The summed E-state index contributed by atoms with van der Waals surface area (Å²) in [6.45, 7) is 0.744. The van der Waals surface area contributed by atoms with Crippen LogP contribution in [0.15, 0.2) is 18.3 Å². The van der Waals surface area contributed by atoms with Crippen LogP contribution in [0.5, 0.6) is 0 Å². The predicted octanol–water partition coefficient (Wildman–Crippen LogP) is 2.47. The molecule has 3 nitrogen and oxygen atoms in total. The van der Waals surface area contributed by atoms with E-state index in [2.05, 4.69) is 9.88 Å². The van der Waals surface area contributed by atoms with Crippen LogP contribution in [-0.4, -0.2) is 34.2 Å². The maximum atomic E-state index is 10.00. The first-order valence-electron chi connectivity index (χ1n) is 6.16. The summed E-state index contributed by atoms with van der Waals surface area (Å²) < 4.78 is 0. The third kappa shape index (κ3) is 3.18. The second kappa shape index (κ2) is 5.80. The topological polar surface area (TPSA) is 36.4 Å². The van der Waals surface area contributed by atoms with E-state index in [-0.39, 0.29) is 12.1 Å². The molecule has 4 heteroatoms. The Morgan fingerprint density at radius 1 is 1.47 bits per heavy atom. The van der Waals surface area contributed by atoms with E-state index in [0.717, 1.165) is 31.4 Å². The lowest BCUT2D eigenvalue weighted by atomic mass is 9.91. The summed E-state index contributed by atoms with van der Waals surface area (Å²) in [6.07, 6.45) is 5.81. The molecule has 1 aromatic rings. The summed E-state index contributed by atoms with van der Waals surface area (Å²) in [5.41, 5.74) is 1.02. The number of rotatable bonds is 3.